The second-order valence-corrected chi connectivity index (χ2v) is 24.5. The third-order valence-corrected chi connectivity index (χ3v) is 17.0. The van der Waals surface area contributed by atoms with Gasteiger partial charge in [0.05, 0.1) is 77.9 Å². The van der Waals surface area contributed by atoms with Gasteiger partial charge in [0.15, 0.2) is 5.71 Å². The number of hydrogen-bond donors (Lipinski definition) is 1. The van der Waals surface area contributed by atoms with Gasteiger partial charge in [0, 0.05) is 66.6 Å². The molecule has 0 bridgehead atoms. The largest absolute Gasteiger partial charge is 0.744 e. The molecule has 2 aliphatic rings. The second-order valence-electron chi connectivity index (χ2n) is 19.1. The molecule has 426 valence electrons. The van der Waals surface area contributed by atoms with Crippen LogP contribution in [0.5, 0.6) is 0 Å². The SMILES string of the molecule is CC[N+]1=C(/C=C/C=C/C=C/C=C2/N(CCCCCC(=O)O)c3ccc4c(S(=O)(=O)[O-])cc(S(=O)(=O)[O-])cc4c3C2(C)CCOCCOCCOCCOCCOC)C(C)(C)c2c1ccc1c(S(=O)(=O)[O-])cc(S(=O)(=O)[O-])cc21. The van der Waals surface area contributed by atoms with Gasteiger partial charge in [0.2, 0.25) is 5.69 Å². The molecule has 0 saturated carbocycles. The number of carbonyl (C=O) groups is 1. The van der Waals surface area contributed by atoms with Crippen molar-refractivity contribution in [3.63, 3.8) is 0 Å². The molecule has 0 amide bonds. The Labute approximate surface area is 455 Å². The first-order valence-electron chi connectivity index (χ1n) is 24.9. The minimum Gasteiger partial charge on any atom is -0.744 e. The van der Waals surface area contributed by atoms with Gasteiger partial charge in [-0.3, -0.25) is 4.79 Å². The molecule has 2 heterocycles. The first kappa shape index (κ1) is 61.9. The maximum absolute atomic E-state index is 12.7. The van der Waals surface area contributed by atoms with Crippen LogP contribution in [-0.2, 0) is 79.8 Å². The quantitative estimate of drug-likeness (QED) is 0.0267. The van der Waals surface area contributed by atoms with E-state index in [1.54, 1.807) is 49.6 Å². The molecule has 21 nitrogen and oxygen atoms in total. The molecule has 0 aliphatic carbocycles. The third-order valence-electron chi connectivity index (χ3n) is 13.6. The maximum Gasteiger partial charge on any atom is 0.303 e. The van der Waals surface area contributed by atoms with Gasteiger partial charge in [-0.2, -0.15) is 4.58 Å². The molecule has 0 radical (unpaired) electrons. The highest BCUT2D eigenvalue weighted by Crippen LogP contribution is 2.54. The summed E-state index contributed by atoms with van der Waals surface area (Å²) < 4.78 is 179. The minimum atomic E-state index is -5.32. The Balaban J connectivity index is 1.33. The van der Waals surface area contributed by atoms with E-state index in [9.17, 15) is 61.8 Å². The van der Waals surface area contributed by atoms with E-state index >= 15 is 0 Å². The molecule has 0 aromatic heterocycles. The molecule has 1 atom stereocenters. The van der Waals surface area contributed by atoms with Gasteiger partial charge in [-0.15, -0.1) is 0 Å². The molecule has 0 spiro atoms. The van der Waals surface area contributed by atoms with E-state index in [4.69, 9.17) is 23.7 Å². The van der Waals surface area contributed by atoms with Crippen molar-refractivity contribution in [2.24, 2.45) is 0 Å². The predicted octanol–water partition coefficient (Wildman–Crippen LogP) is 6.08. The summed E-state index contributed by atoms with van der Waals surface area (Å²) >= 11 is 0. The average molecular weight is 1160 g/mol. The molecule has 0 saturated heterocycles. The Morgan fingerprint density at radius 3 is 1.63 bits per heavy atom. The smallest absolute Gasteiger partial charge is 0.303 e. The number of fused-ring (bicyclic) bond motifs is 6. The van der Waals surface area contributed by atoms with Gasteiger partial charge in [-0.1, -0.05) is 42.9 Å². The fourth-order valence-corrected chi connectivity index (χ4v) is 12.7. The molecule has 78 heavy (non-hydrogen) atoms. The molecule has 1 unspecified atom stereocenters. The number of carboxylic acid groups (broad SMARTS) is 1. The number of allylic oxidation sites excluding steroid dienone is 8. The summed E-state index contributed by atoms with van der Waals surface area (Å²) in [6, 6.07) is 9.42. The van der Waals surface area contributed by atoms with Crippen molar-refractivity contribution in [2.75, 3.05) is 84.6 Å². The van der Waals surface area contributed by atoms with Crippen molar-refractivity contribution >= 4 is 85.1 Å². The third kappa shape index (κ3) is 14.6. The van der Waals surface area contributed by atoms with Crippen LogP contribution in [0.3, 0.4) is 0 Å². The topological polar surface area (TPSA) is 318 Å². The molecule has 0 fully saturated rings. The maximum atomic E-state index is 12.7. The van der Waals surface area contributed by atoms with Crippen LogP contribution in [-0.4, -0.2) is 153 Å². The van der Waals surface area contributed by atoms with Crippen molar-refractivity contribution < 1.29 is 90.0 Å². The molecule has 2 aliphatic heterocycles. The summed E-state index contributed by atoms with van der Waals surface area (Å²) in [6.07, 6.45) is 13.9. The lowest BCUT2D eigenvalue weighted by Crippen LogP contribution is -2.30. The Morgan fingerprint density at radius 2 is 1.12 bits per heavy atom. The number of anilines is 1. The number of carboxylic acids is 1. The van der Waals surface area contributed by atoms with E-state index < -0.39 is 76.9 Å². The highest BCUT2D eigenvalue weighted by Gasteiger charge is 2.46. The number of ether oxygens (including phenoxy) is 5. The number of hydrogen-bond acceptors (Lipinski definition) is 19. The standard InChI is InChI=1S/C53H66N2O19S4/c1-6-54-43-20-18-39-41(33-37(75(58,59)60)35-45(39)77(64,65)66)50(43)52(2,3)47(54)15-11-8-7-9-12-16-48-53(4,22-24-71-27-28-73-31-32-74-30-29-72-26-25-70-5)51-42-34-38(76(61,62)63)36-46(78(67,68)69)40(42)19-21-44(51)55(48)23-14-10-13-17-49(56)57/h7-9,11-12,15-16,18-21,33-36H,6,10,13-14,17,22-32H2,1-5H3,(H4-,56,57,58,59,60,61,62,63,64,65,66,67,68,69)/p-3. The van der Waals surface area contributed by atoms with Crippen LogP contribution >= 0.6 is 0 Å². The number of methoxy groups -OCH3 is 1. The predicted molar refractivity (Wildman–Crippen MR) is 284 cm³/mol. The van der Waals surface area contributed by atoms with Gasteiger partial charge < -0.3 is 51.9 Å². The Morgan fingerprint density at radius 1 is 0.615 bits per heavy atom. The molecule has 4 aromatic rings. The number of benzene rings is 4. The van der Waals surface area contributed by atoms with Crippen LogP contribution in [0.1, 0.15) is 70.9 Å². The zero-order valence-corrected chi connectivity index (χ0v) is 47.1. The van der Waals surface area contributed by atoms with Crippen molar-refractivity contribution in [3.8, 4) is 0 Å². The molecule has 25 heteroatoms. The Kier molecular flexibility index (Phi) is 20.6. The van der Waals surface area contributed by atoms with Gasteiger partial charge in [-0.05, 0) is 111 Å². The number of unbranched alkanes of at least 4 members (excludes halogenated alkanes) is 2. The first-order chi connectivity index (χ1) is 36.7. The molecule has 6 rings (SSSR count). The van der Waals surface area contributed by atoms with Gasteiger partial charge in [-0.25, -0.2) is 33.7 Å². The lowest BCUT2D eigenvalue weighted by molar-refractivity contribution is -0.433. The van der Waals surface area contributed by atoms with E-state index in [0.717, 1.165) is 17.8 Å². The van der Waals surface area contributed by atoms with Gasteiger partial charge >= 0.3 is 5.97 Å². The lowest BCUT2D eigenvalue weighted by Gasteiger charge is -2.31. The highest BCUT2D eigenvalue weighted by molar-refractivity contribution is 7.87. The molecular formula is C53H63N2O19S4-3. The number of nitrogens with zero attached hydrogens (tertiary/aromatic N) is 2. The lowest BCUT2D eigenvalue weighted by atomic mass is 9.76. The van der Waals surface area contributed by atoms with Crippen molar-refractivity contribution in [1.82, 2.24) is 0 Å². The van der Waals surface area contributed by atoms with Crippen LogP contribution in [0.25, 0.3) is 21.5 Å². The molecular weight excluding hydrogens is 1100 g/mol. The zero-order valence-electron chi connectivity index (χ0n) is 43.8. The summed E-state index contributed by atoms with van der Waals surface area (Å²) in [4.78, 5) is 9.87. The van der Waals surface area contributed by atoms with Crippen molar-refractivity contribution in [2.45, 2.75) is 90.2 Å². The first-order valence-corrected chi connectivity index (χ1v) is 30.5. The fraction of sp³-hybridized carbons (Fsp3) is 0.434. The van der Waals surface area contributed by atoms with Gasteiger partial charge in [0.25, 0.3) is 0 Å². The van der Waals surface area contributed by atoms with Crippen LogP contribution in [0, 0.1) is 0 Å². The summed E-state index contributed by atoms with van der Waals surface area (Å²) in [6.45, 7) is 11.0. The van der Waals surface area contributed by atoms with E-state index in [1.165, 1.54) is 12.1 Å². The van der Waals surface area contributed by atoms with E-state index in [0.29, 0.717) is 112 Å². The fourth-order valence-electron chi connectivity index (χ4n) is 10.1. The summed E-state index contributed by atoms with van der Waals surface area (Å²) in [5.41, 5.74) is 1.47. The highest BCUT2D eigenvalue weighted by atomic mass is 32.2. The van der Waals surface area contributed by atoms with Crippen LogP contribution in [0.4, 0.5) is 11.4 Å². The number of aliphatic carboxylic acids is 1. The Bertz CT molecular complexity index is 3510. The number of rotatable bonds is 30. The van der Waals surface area contributed by atoms with E-state index in [2.05, 4.69) is 0 Å². The van der Waals surface area contributed by atoms with E-state index in [-0.39, 0.29) is 54.2 Å². The summed E-state index contributed by atoms with van der Waals surface area (Å²) in [5.74, 6) is -0.947. The minimum absolute atomic E-state index is 0.0248. The monoisotopic (exact) mass is 1160 g/mol. The van der Waals surface area contributed by atoms with E-state index in [1.807, 2.05) is 49.3 Å². The summed E-state index contributed by atoms with van der Waals surface area (Å²) in [5, 5.41) is 9.37. The second kappa shape index (κ2) is 25.9. The van der Waals surface area contributed by atoms with Crippen LogP contribution < -0.4 is 4.90 Å². The zero-order chi connectivity index (χ0) is 57.3. The average Bonchev–Trinajstić information content (AvgIpc) is 3.89. The summed E-state index contributed by atoms with van der Waals surface area (Å²) in [7, 11) is -19.4. The molecule has 4 aromatic carbocycles. The van der Waals surface area contributed by atoms with Gasteiger partial charge in [0.1, 0.15) is 47.0 Å². The van der Waals surface area contributed by atoms with Crippen LogP contribution in [0.2, 0.25) is 0 Å². The normalized spacial score (nSPS) is 17.6. The van der Waals surface area contributed by atoms with Crippen molar-refractivity contribution in [1.29, 1.82) is 0 Å². The van der Waals surface area contributed by atoms with Crippen LogP contribution in [0.15, 0.2) is 116 Å². The molecule has 1 N–H and O–H groups in total. The Hall–Kier alpha value is -5.26. The van der Waals surface area contributed by atoms with Crippen molar-refractivity contribution in [3.05, 3.63) is 108 Å².